The molecule has 2 heterocycles. The fourth-order valence-electron chi connectivity index (χ4n) is 2.47. The molecule has 6 heteroatoms. The second-order valence-corrected chi connectivity index (χ2v) is 7.28. The van der Waals surface area contributed by atoms with Gasteiger partial charge in [0, 0.05) is 9.37 Å². The van der Waals surface area contributed by atoms with Crippen LogP contribution >= 0.6 is 27.7 Å². The first-order valence-corrected chi connectivity index (χ1v) is 8.93. The number of hydrogen-bond acceptors (Lipinski definition) is 5. The van der Waals surface area contributed by atoms with Crippen LogP contribution in [0.4, 0.5) is 0 Å². The van der Waals surface area contributed by atoms with E-state index in [0.717, 1.165) is 29.2 Å². The van der Waals surface area contributed by atoms with Gasteiger partial charge in [0.25, 0.3) is 0 Å². The Hall–Kier alpha value is -0.850. The van der Waals surface area contributed by atoms with Crippen LogP contribution in [-0.4, -0.2) is 16.7 Å². The van der Waals surface area contributed by atoms with Crippen LogP contribution < -0.4 is 5.32 Å². The summed E-state index contributed by atoms with van der Waals surface area (Å²) < 4.78 is 6.52. The average Bonchev–Trinajstić information content (AvgIpc) is 2.95. The van der Waals surface area contributed by atoms with Crippen molar-refractivity contribution >= 4 is 27.7 Å². The van der Waals surface area contributed by atoms with Crippen LogP contribution in [0.1, 0.15) is 37.5 Å². The van der Waals surface area contributed by atoms with Crippen molar-refractivity contribution < 1.29 is 4.52 Å². The molecule has 0 bridgehead atoms. The molecule has 2 aromatic rings. The number of hydrogen-bond donors (Lipinski definition) is 1. The molecule has 1 aliphatic rings. The van der Waals surface area contributed by atoms with Gasteiger partial charge in [-0.3, -0.25) is 0 Å². The maximum atomic E-state index is 5.42. The number of thioether (sulfide) groups is 1. The van der Waals surface area contributed by atoms with Crippen molar-refractivity contribution in [2.45, 2.75) is 36.5 Å². The first kappa shape index (κ1) is 15.1. The van der Waals surface area contributed by atoms with Crippen molar-refractivity contribution in [3.8, 4) is 0 Å². The zero-order valence-electron chi connectivity index (χ0n) is 11.9. The Morgan fingerprint density at radius 2 is 2.29 bits per heavy atom. The lowest BCUT2D eigenvalue weighted by Gasteiger charge is -2.25. The first-order valence-electron chi connectivity index (χ1n) is 7.15. The monoisotopic (exact) mass is 367 g/mol. The Morgan fingerprint density at radius 1 is 1.43 bits per heavy atom. The number of nitrogens with one attached hydrogen (secondary N) is 1. The molecule has 2 unspecified atom stereocenters. The average molecular weight is 368 g/mol. The van der Waals surface area contributed by atoms with Crippen molar-refractivity contribution in [2.24, 2.45) is 5.92 Å². The molecule has 1 aromatic heterocycles. The molecule has 1 fully saturated rings. The Morgan fingerprint density at radius 3 is 3.10 bits per heavy atom. The predicted molar refractivity (Wildman–Crippen MR) is 87.1 cm³/mol. The molecule has 21 heavy (non-hydrogen) atoms. The molecule has 1 aromatic carbocycles. The van der Waals surface area contributed by atoms with Gasteiger partial charge in [-0.05, 0) is 53.4 Å². The lowest BCUT2D eigenvalue weighted by Crippen LogP contribution is -2.30. The SMILES string of the molecule is CC1CCNC(c2nc(CSc3ccccc3Br)no2)C1. The van der Waals surface area contributed by atoms with Crippen molar-refractivity contribution in [2.75, 3.05) is 6.54 Å². The van der Waals surface area contributed by atoms with Crippen molar-refractivity contribution in [3.63, 3.8) is 0 Å². The standard InChI is InChI=1S/C15H18BrN3OS/c1-10-6-7-17-12(8-10)15-18-14(19-20-15)9-21-13-5-3-2-4-11(13)16/h2-5,10,12,17H,6-9H2,1H3. The van der Waals surface area contributed by atoms with Gasteiger partial charge < -0.3 is 9.84 Å². The van der Waals surface area contributed by atoms with Gasteiger partial charge in [0.05, 0.1) is 11.8 Å². The maximum absolute atomic E-state index is 5.42. The Bertz CT molecular complexity index is 604. The zero-order chi connectivity index (χ0) is 14.7. The van der Waals surface area contributed by atoms with Crippen LogP contribution in [0.25, 0.3) is 0 Å². The largest absolute Gasteiger partial charge is 0.338 e. The van der Waals surface area contributed by atoms with Gasteiger partial charge >= 0.3 is 0 Å². The molecule has 1 saturated heterocycles. The van der Waals surface area contributed by atoms with Crippen LogP contribution in [0.3, 0.4) is 0 Å². The van der Waals surface area contributed by atoms with E-state index in [9.17, 15) is 0 Å². The molecule has 1 aliphatic heterocycles. The number of rotatable bonds is 4. The third kappa shape index (κ3) is 3.87. The Balaban J connectivity index is 1.61. The molecule has 4 nitrogen and oxygen atoms in total. The summed E-state index contributed by atoms with van der Waals surface area (Å²) >= 11 is 5.26. The summed E-state index contributed by atoms with van der Waals surface area (Å²) in [5.41, 5.74) is 0. The van der Waals surface area contributed by atoms with E-state index < -0.39 is 0 Å². The number of halogens is 1. The fourth-order valence-corrected chi connectivity index (χ4v) is 3.88. The zero-order valence-corrected chi connectivity index (χ0v) is 14.3. The molecular formula is C15H18BrN3OS. The minimum absolute atomic E-state index is 0.212. The van der Waals surface area contributed by atoms with Crippen molar-refractivity contribution in [1.29, 1.82) is 0 Å². The van der Waals surface area contributed by atoms with E-state index in [-0.39, 0.29) is 6.04 Å². The van der Waals surface area contributed by atoms with Gasteiger partial charge in [-0.1, -0.05) is 24.2 Å². The molecule has 1 N–H and O–H groups in total. The highest BCUT2D eigenvalue weighted by Gasteiger charge is 2.24. The van der Waals surface area contributed by atoms with Crippen LogP contribution in [-0.2, 0) is 5.75 Å². The summed E-state index contributed by atoms with van der Waals surface area (Å²) in [4.78, 5) is 5.72. The van der Waals surface area contributed by atoms with Gasteiger partial charge in [-0.15, -0.1) is 11.8 Å². The van der Waals surface area contributed by atoms with Gasteiger partial charge in [0.1, 0.15) is 0 Å². The number of nitrogens with zero attached hydrogens (tertiary/aromatic N) is 2. The number of piperidine rings is 1. The molecule has 0 radical (unpaired) electrons. The molecule has 112 valence electrons. The third-order valence-corrected chi connectivity index (χ3v) is 5.66. The van der Waals surface area contributed by atoms with E-state index >= 15 is 0 Å². The number of benzene rings is 1. The molecular weight excluding hydrogens is 350 g/mol. The van der Waals surface area contributed by atoms with Crippen LogP contribution in [0.15, 0.2) is 38.2 Å². The van der Waals surface area contributed by atoms with Gasteiger partial charge in [-0.25, -0.2) is 0 Å². The fraction of sp³-hybridized carbons (Fsp3) is 0.467. The molecule has 0 spiro atoms. The normalized spacial score (nSPS) is 22.4. The molecule has 0 saturated carbocycles. The highest BCUT2D eigenvalue weighted by Crippen LogP contribution is 2.30. The van der Waals surface area contributed by atoms with Crippen molar-refractivity contribution in [3.05, 3.63) is 40.5 Å². The van der Waals surface area contributed by atoms with Crippen molar-refractivity contribution in [1.82, 2.24) is 15.5 Å². The van der Waals surface area contributed by atoms with E-state index in [1.165, 1.54) is 11.3 Å². The number of aromatic nitrogens is 2. The smallest absolute Gasteiger partial charge is 0.243 e. The van der Waals surface area contributed by atoms with E-state index in [4.69, 9.17) is 4.52 Å². The highest BCUT2D eigenvalue weighted by molar-refractivity contribution is 9.10. The second kappa shape index (κ2) is 6.94. The minimum atomic E-state index is 0.212. The topological polar surface area (TPSA) is 51.0 Å². The summed E-state index contributed by atoms with van der Waals surface area (Å²) in [6.07, 6.45) is 2.29. The van der Waals surface area contributed by atoms with Gasteiger partial charge in [-0.2, -0.15) is 4.98 Å². The highest BCUT2D eigenvalue weighted by atomic mass is 79.9. The Kier molecular flexibility index (Phi) is 4.98. The van der Waals surface area contributed by atoms with E-state index in [1.807, 2.05) is 18.2 Å². The van der Waals surface area contributed by atoms with Gasteiger partial charge in [0.15, 0.2) is 5.82 Å². The summed E-state index contributed by atoms with van der Waals surface area (Å²) in [5, 5.41) is 7.55. The summed E-state index contributed by atoms with van der Waals surface area (Å²) in [5.74, 6) is 2.91. The maximum Gasteiger partial charge on any atom is 0.243 e. The second-order valence-electron chi connectivity index (χ2n) is 5.40. The van der Waals surface area contributed by atoms with Crippen LogP contribution in [0.2, 0.25) is 0 Å². The quantitative estimate of drug-likeness (QED) is 0.821. The summed E-state index contributed by atoms with van der Waals surface area (Å²) in [6.45, 7) is 3.29. The van der Waals surface area contributed by atoms with Crippen LogP contribution in [0, 0.1) is 5.92 Å². The van der Waals surface area contributed by atoms with Gasteiger partial charge in [0.2, 0.25) is 5.89 Å². The molecule has 3 rings (SSSR count). The predicted octanol–water partition coefficient (Wildman–Crippen LogP) is 4.19. The first-order chi connectivity index (χ1) is 10.2. The molecule has 0 amide bonds. The van der Waals surface area contributed by atoms with Crippen LogP contribution in [0.5, 0.6) is 0 Å². The summed E-state index contributed by atoms with van der Waals surface area (Å²) in [6, 6.07) is 8.37. The molecule has 0 aliphatic carbocycles. The van der Waals surface area contributed by atoms with E-state index in [0.29, 0.717) is 11.7 Å². The van der Waals surface area contributed by atoms with E-state index in [1.54, 1.807) is 11.8 Å². The lowest BCUT2D eigenvalue weighted by molar-refractivity contribution is 0.259. The lowest BCUT2D eigenvalue weighted by atomic mass is 9.94. The Labute approximate surface area is 137 Å². The van der Waals surface area contributed by atoms with E-state index in [2.05, 4.69) is 44.4 Å². The summed E-state index contributed by atoms with van der Waals surface area (Å²) in [7, 11) is 0. The molecule has 2 atom stereocenters. The minimum Gasteiger partial charge on any atom is -0.338 e. The third-order valence-electron chi connectivity index (χ3n) is 3.64.